The number of carbonyl (C=O) groups excluding carboxylic acids is 4. The number of nitrogens with one attached hydrogen (secondary N) is 2. The first-order chi connectivity index (χ1) is 23.9. The van der Waals surface area contributed by atoms with Gasteiger partial charge in [0.2, 0.25) is 21.8 Å². The maximum absolute atomic E-state index is 14.1. The topological polar surface area (TPSA) is 153 Å². The highest BCUT2D eigenvalue weighted by molar-refractivity contribution is 7.89. The van der Waals surface area contributed by atoms with Crippen LogP contribution in [0.3, 0.4) is 0 Å². The van der Waals surface area contributed by atoms with Gasteiger partial charge in [-0.2, -0.15) is 4.31 Å². The Hall–Kier alpha value is -5.17. The van der Waals surface area contributed by atoms with Crippen LogP contribution in [0.5, 0.6) is 0 Å². The van der Waals surface area contributed by atoms with Gasteiger partial charge in [0, 0.05) is 25.7 Å². The molecule has 260 valence electrons. The molecule has 12 heteroatoms. The van der Waals surface area contributed by atoms with Gasteiger partial charge in [-0.15, -0.1) is 0 Å². The smallest absolute Gasteiger partial charge is 0.262 e. The summed E-state index contributed by atoms with van der Waals surface area (Å²) in [6.07, 6.45) is -1.29. The number of amides is 4. The highest BCUT2D eigenvalue weighted by atomic mass is 32.2. The van der Waals surface area contributed by atoms with Crippen molar-refractivity contribution in [3.05, 3.63) is 131 Å². The quantitative estimate of drug-likeness (QED) is 0.167. The number of aliphatic hydroxyl groups is 1. The third-order valence-corrected chi connectivity index (χ3v) is 10.3. The standard InChI is InChI=1S/C38H40N4O7S/c1-25(2)35(42-37(46)31-16-10-11-17-32(31)38(42)47)36(45)40-33(22-27-12-6-4-7-13-27)34(44)24-41(23-28-14-8-5-9-15-28)50(48,49)30-20-18-29(19-21-30)39-26(3)43/h4-21,25,33-35,44H,22-24H2,1-3H3,(H,39,43)(H,40,45)/t33-,34+,35-/m0/s1. The van der Waals surface area contributed by atoms with E-state index in [0.717, 1.165) is 14.8 Å². The zero-order valence-corrected chi connectivity index (χ0v) is 28.8. The number of rotatable bonds is 14. The van der Waals surface area contributed by atoms with Crippen molar-refractivity contribution in [2.24, 2.45) is 5.92 Å². The van der Waals surface area contributed by atoms with E-state index in [1.807, 2.05) is 36.4 Å². The molecule has 50 heavy (non-hydrogen) atoms. The molecule has 1 aliphatic heterocycles. The molecular weight excluding hydrogens is 657 g/mol. The molecule has 4 aromatic carbocycles. The SMILES string of the molecule is CC(=O)Nc1ccc(S(=O)(=O)N(Cc2ccccc2)C[C@@H](O)[C@H](Cc2ccccc2)NC(=O)[C@H](C(C)C)N2C(=O)c3ccccc3C2=O)cc1. The average Bonchev–Trinajstić information content (AvgIpc) is 3.33. The lowest BCUT2D eigenvalue weighted by atomic mass is 9.97. The van der Waals surface area contributed by atoms with Gasteiger partial charge in [-0.05, 0) is 59.9 Å². The molecule has 0 spiro atoms. The highest BCUT2D eigenvalue weighted by Crippen LogP contribution is 2.28. The van der Waals surface area contributed by atoms with E-state index in [-0.39, 0.29) is 34.9 Å². The van der Waals surface area contributed by atoms with E-state index < -0.39 is 58.4 Å². The van der Waals surface area contributed by atoms with Crippen molar-refractivity contribution in [3.63, 3.8) is 0 Å². The van der Waals surface area contributed by atoms with Gasteiger partial charge in [0.05, 0.1) is 28.2 Å². The van der Waals surface area contributed by atoms with Crippen LogP contribution in [0.1, 0.15) is 52.6 Å². The lowest BCUT2D eigenvalue weighted by molar-refractivity contribution is -0.128. The van der Waals surface area contributed by atoms with Gasteiger partial charge in [0.25, 0.3) is 11.8 Å². The van der Waals surface area contributed by atoms with Crippen LogP contribution in [-0.2, 0) is 32.6 Å². The molecule has 1 aliphatic rings. The van der Waals surface area contributed by atoms with Gasteiger partial charge in [-0.1, -0.05) is 86.6 Å². The van der Waals surface area contributed by atoms with E-state index in [0.29, 0.717) is 11.3 Å². The Labute approximate surface area is 292 Å². The minimum absolute atomic E-state index is 0.0520. The fourth-order valence-corrected chi connectivity index (χ4v) is 7.48. The van der Waals surface area contributed by atoms with E-state index in [1.54, 1.807) is 62.4 Å². The van der Waals surface area contributed by atoms with E-state index in [4.69, 9.17) is 0 Å². The summed E-state index contributed by atoms with van der Waals surface area (Å²) in [7, 11) is -4.21. The van der Waals surface area contributed by atoms with Crippen LogP contribution in [0, 0.1) is 5.92 Å². The van der Waals surface area contributed by atoms with Crippen LogP contribution in [0.4, 0.5) is 5.69 Å². The number of hydrogen-bond acceptors (Lipinski definition) is 7. The third-order valence-electron chi connectivity index (χ3n) is 8.50. The van der Waals surface area contributed by atoms with Crippen molar-refractivity contribution in [1.82, 2.24) is 14.5 Å². The molecule has 0 aromatic heterocycles. The van der Waals surface area contributed by atoms with Crippen molar-refractivity contribution < 1.29 is 32.7 Å². The fraction of sp³-hybridized carbons (Fsp3) is 0.263. The van der Waals surface area contributed by atoms with E-state index in [9.17, 15) is 32.7 Å². The van der Waals surface area contributed by atoms with E-state index >= 15 is 0 Å². The first kappa shape index (κ1) is 36.1. The normalized spacial score (nSPS) is 14.7. The summed E-state index contributed by atoms with van der Waals surface area (Å²) in [5, 5.41) is 17.3. The Balaban J connectivity index is 1.45. The van der Waals surface area contributed by atoms with Gasteiger partial charge in [0.15, 0.2) is 0 Å². The van der Waals surface area contributed by atoms with Gasteiger partial charge in [0.1, 0.15) is 6.04 Å². The van der Waals surface area contributed by atoms with Crippen LogP contribution in [0.2, 0.25) is 0 Å². The van der Waals surface area contributed by atoms with Crippen LogP contribution >= 0.6 is 0 Å². The number of benzene rings is 4. The predicted molar refractivity (Wildman–Crippen MR) is 188 cm³/mol. The van der Waals surface area contributed by atoms with Crippen molar-refractivity contribution in [2.75, 3.05) is 11.9 Å². The minimum Gasteiger partial charge on any atom is -0.390 e. The first-order valence-corrected chi connectivity index (χ1v) is 17.7. The molecule has 3 N–H and O–H groups in total. The Kier molecular flexibility index (Phi) is 11.3. The summed E-state index contributed by atoms with van der Waals surface area (Å²) in [5.74, 6) is -2.60. The maximum Gasteiger partial charge on any atom is 0.262 e. The molecule has 0 fully saturated rings. The number of nitrogens with zero attached hydrogens (tertiary/aromatic N) is 2. The molecule has 0 saturated heterocycles. The number of aliphatic hydroxyl groups excluding tert-OH is 1. The molecule has 1 heterocycles. The maximum atomic E-state index is 14.1. The van der Waals surface area contributed by atoms with Gasteiger partial charge in [-0.25, -0.2) is 8.42 Å². The molecule has 3 atom stereocenters. The van der Waals surface area contributed by atoms with Crippen molar-refractivity contribution in [3.8, 4) is 0 Å². The number of imide groups is 1. The summed E-state index contributed by atoms with van der Waals surface area (Å²) < 4.78 is 29.4. The number of carbonyl (C=O) groups is 4. The summed E-state index contributed by atoms with van der Waals surface area (Å²) in [6, 6.07) is 27.9. The van der Waals surface area contributed by atoms with Gasteiger partial charge < -0.3 is 15.7 Å². The molecule has 0 unspecified atom stereocenters. The van der Waals surface area contributed by atoms with Crippen LogP contribution in [-0.4, -0.2) is 71.1 Å². The highest BCUT2D eigenvalue weighted by Gasteiger charge is 2.44. The lowest BCUT2D eigenvalue weighted by Crippen LogP contribution is -2.57. The Bertz CT molecular complexity index is 1920. The largest absolute Gasteiger partial charge is 0.390 e. The molecule has 11 nitrogen and oxygen atoms in total. The summed E-state index contributed by atoms with van der Waals surface area (Å²) in [4.78, 5) is 53.3. The van der Waals surface area contributed by atoms with Crippen LogP contribution in [0.25, 0.3) is 0 Å². The first-order valence-electron chi connectivity index (χ1n) is 16.3. The molecule has 4 amide bonds. The molecule has 0 bridgehead atoms. The minimum atomic E-state index is -4.21. The Morgan fingerprint density at radius 3 is 1.82 bits per heavy atom. The monoisotopic (exact) mass is 696 g/mol. The number of fused-ring (bicyclic) bond motifs is 1. The lowest BCUT2D eigenvalue weighted by Gasteiger charge is -2.33. The third kappa shape index (κ3) is 8.16. The average molecular weight is 697 g/mol. The second kappa shape index (κ2) is 15.6. The van der Waals surface area contributed by atoms with Crippen LogP contribution in [0.15, 0.2) is 114 Å². The number of sulfonamides is 1. The van der Waals surface area contributed by atoms with Crippen molar-refractivity contribution in [2.45, 2.75) is 56.8 Å². The molecule has 0 saturated carbocycles. The summed E-state index contributed by atoms with van der Waals surface area (Å²) in [5.41, 5.74) is 2.29. The second-order valence-corrected chi connectivity index (χ2v) is 14.5. The van der Waals surface area contributed by atoms with Crippen molar-refractivity contribution in [1.29, 1.82) is 0 Å². The van der Waals surface area contributed by atoms with Crippen LogP contribution < -0.4 is 10.6 Å². The second-order valence-electron chi connectivity index (χ2n) is 12.6. The van der Waals surface area contributed by atoms with E-state index in [2.05, 4.69) is 10.6 Å². The summed E-state index contributed by atoms with van der Waals surface area (Å²) in [6.45, 7) is 4.32. The Morgan fingerprint density at radius 1 is 0.780 bits per heavy atom. The zero-order valence-electron chi connectivity index (χ0n) is 28.0. The predicted octanol–water partition coefficient (Wildman–Crippen LogP) is 4.25. The molecule has 5 rings (SSSR count). The molecule has 0 radical (unpaired) electrons. The molecule has 4 aromatic rings. The van der Waals surface area contributed by atoms with Gasteiger partial charge in [-0.3, -0.25) is 24.1 Å². The fourth-order valence-electron chi connectivity index (χ4n) is 6.03. The summed E-state index contributed by atoms with van der Waals surface area (Å²) >= 11 is 0. The molecular formula is C38H40N4O7S. The number of anilines is 1. The van der Waals surface area contributed by atoms with Crippen molar-refractivity contribution >= 4 is 39.3 Å². The zero-order chi connectivity index (χ0) is 36.0. The van der Waals surface area contributed by atoms with E-state index in [1.165, 1.54) is 31.2 Å². The number of hydrogen-bond donors (Lipinski definition) is 3. The van der Waals surface area contributed by atoms with Gasteiger partial charge >= 0.3 is 0 Å². The Morgan fingerprint density at radius 2 is 1.30 bits per heavy atom. The molecule has 0 aliphatic carbocycles.